The highest BCUT2D eigenvalue weighted by Crippen LogP contribution is 2.25. The first-order valence-electron chi connectivity index (χ1n) is 10.2. The molecule has 1 unspecified atom stereocenters. The molecule has 2 rings (SSSR count). The molecule has 0 saturated carbocycles. The Bertz CT molecular complexity index is 524. The van der Waals surface area contributed by atoms with Gasteiger partial charge in [0.25, 0.3) is 0 Å². The van der Waals surface area contributed by atoms with Crippen LogP contribution in [-0.2, 0) is 9.47 Å². The Hall–Kier alpha value is -0.900. The predicted molar refractivity (Wildman–Crippen MR) is 127 cm³/mol. The molecule has 0 amide bonds. The summed E-state index contributed by atoms with van der Waals surface area (Å²) in [5, 5.41) is 6.77. The highest BCUT2D eigenvalue weighted by molar-refractivity contribution is 14.0. The lowest BCUT2D eigenvalue weighted by Gasteiger charge is -2.27. The second kappa shape index (κ2) is 16.0. The number of hydrogen-bond donors (Lipinski definition) is 2. The molecule has 2 N–H and O–H groups in total. The Morgan fingerprint density at radius 3 is 2.54 bits per heavy atom. The van der Waals surface area contributed by atoms with Gasteiger partial charge in [0, 0.05) is 26.8 Å². The molecule has 1 saturated heterocycles. The van der Waals surface area contributed by atoms with Gasteiger partial charge >= 0.3 is 0 Å². The number of ether oxygens (including phenoxy) is 2. The van der Waals surface area contributed by atoms with Crippen molar-refractivity contribution in [3.05, 3.63) is 35.9 Å². The van der Waals surface area contributed by atoms with Gasteiger partial charge in [0.05, 0.1) is 25.8 Å². The van der Waals surface area contributed by atoms with E-state index < -0.39 is 0 Å². The van der Waals surface area contributed by atoms with Gasteiger partial charge in [-0.05, 0) is 44.8 Å². The third-order valence-corrected chi connectivity index (χ3v) is 4.72. The van der Waals surface area contributed by atoms with Gasteiger partial charge in [-0.25, -0.2) is 0 Å². The molecule has 0 aromatic heterocycles. The van der Waals surface area contributed by atoms with Crippen molar-refractivity contribution in [1.29, 1.82) is 0 Å². The maximum Gasteiger partial charge on any atom is 0.191 e. The Kier molecular flexibility index (Phi) is 14.3. The molecule has 1 aliphatic rings. The number of hydrogen-bond acceptors (Lipinski definition) is 4. The van der Waals surface area contributed by atoms with Crippen LogP contribution in [0.5, 0.6) is 0 Å². The van der Waals surface area contributed by atoms with Crippen molar-refractivity contribution in [2.45, 2.75) is 32.2 Å². The standard InChI is InChI=1S/C21H36N4O2.HI/c1-3-22-21(23-12-9-15-27-17-16-26-2)24-18-20(25-13-7-8-14-25)19-10-5-4-6-11-19;/h4-6,10-11,20H,3,7-9,12-18H2,1-2H3,(H2,22,23,24);1H. The van der Waals surface area contributed by atoms with Gasteiger partial charge in [-0.3, -0.25) is 9.89 Å². The van der Waals surface area contributed by atoms with Crippen LogP contribution in [0.25, 0.3) is 0 Å². The summed E-state index contributed by atoms with van der Waals surface area (Å²) in [5.41, 5.74) is 1.35. The zero-order valence-corrected chi connectivity index (χ0v) is 19.7. The van der Waals surface area contributed by atoms with Crippen molar-refractivity contribution >= 4 is 29.9 Å². The van der Waals surface area contributed by atoms with E-state index in [1.807, 2.05) is 0 Å². The molecule has 0 spiro atoms. The number of rotatable bonds is 12. The van der Waals surface area contributed by atoms with E-state index in [1.165, 1.54) is 18.4 Å². The smallest absolute Gasteiger partial charge is 0.191 e. The maximum atomic E-state index is 5.51. The fraction of sp³-hybridized carbons (Fsp3) is 0.667. The summed E-state index contributed by atoms with van der Waals surface area (Å²) in [6.45, 7) is 8.93. The summed E-state index contributed by atoms with van der Waals surface area (Å²) in [5.74, 6) is 0.884. The number of benzene rings is 1. The molecule has 0 aliphatic carbocycles. The lowest BCUT2D eigenvalue weighted by Crippen LogP contribution is -2.39. The number of likely N-dealkylation sites (tertiary alicyclic amines) is 1. The second-order valence-electron chi connectivity index (χ2n) is 6.77. The zero-order valence-electron chi connectivity index (χ0n) is 17.4. The van der Waals surface area contributed by atoms with Crippen molar-refractivity contribution in [2.75, 3.05) is 59.7 Å². The SMILES string of the molecule is CCNC(=NCC(c1ccccc1)N1CCCC1)NCCCOCCOC.I. The average molecular weight is 504 g/mol. The van der Waals surface area contributed by atoms with Crippen molar-refractivity contribution in [3.63, 3.8) is 0 Å². The number of methoxy groups -OCH3 is 1. The molecule has 1 fully saturated rings. The highest BCUT2D eigenvalue weighted by atomic mass is 127. The molecule has 6 nitrogen and oxygen atoms in total. The predicted octanol–water partition coefficient (Wildman–Crippen LogP) is 3.05. The second-order valence-corrected chi connectivity index (χ2v) is 6.77. The average Bonchev–Trinajstić information content (AvgIpc) is 3.22. The molecule has 1 aromatic carbocycles. The Morgan fingerprint density at radius 2 is 1.86 bits per heavy atom. The normalized spacial score (nSPS) is 15.9. The van der Waals surface area contributed by atoms with Crippen LogP contribution in [0.3, 0.4) is 0 Å². The number of aliphatic imine (C=N–C) groups is 1. The van der Waals surface area contributed by atoms with Gasteiger partial charge in [0.1, 0.15) is 0 Å². The minimum absolute atomic E-state index is 0. The molecule has 1 aromatic rings. The van der Waals surface area contributed by atoms with E-state index in [0.29, 0.717) is 19.3 Å². The van der Waals surface area contributed by atoms with Gasteiger partial charge < -0.3 is 20.1 Å². The van der Waals surface area contributed by atoms with Gasteiger partial charge in [0.2, 0.25) is 0 Å². The van der Waals surface area contributed by atoms with Gasteiger partial charge in [-0.2, -0.15) is 0 Å². The molecular formula is C21H37IN4O2. The Morgan fingerprint density at radius 1 is 1.11 bits per heavy atom. The summed E-state index contributed by atoms with van der Waals surface area (Å²) in [7, 11) is 1.69. The van der Waals surface area contributed by atoms with E-state index in [1.54, 1.807) is 7.11 Å². The van der Waals surface area contributed by atoms with Crippen molar-refractivity contribution in [3.8, 4) is 0 Å². The minimum atomic E-state index is 0. The molecular weight excluding hydrogens is 467 g/mol. The largest absolute Gasteiger partial charge is 0.382 e. The van der Waals surface area contributed by atoms with Crippen LogP contribution in [-0.4, -0.2) is 70.5 Å². The summed E-state index contributed by atoms with van der Waals surface area (Å²) in [6, 6.07) is 11.1. The molecule has 1 atom stereocenters. The third-order valence-electron chi connectivity index (χ3n) is 4.72. The Labute approximate surface area is 187 Å². The van der Waals surface area contributed by atoms with Gasteiger partial charge in [0.15, 0.2) is 5.96 Å². The van der Waals surface area contributed by atoms with Crippen molar-refractivity contribution in [1.82, 2.24) is 15.5 Å². The van der Waals surface area contributed by atoms with Gasteiger partial charge in [-0.15, -0.1) is 24.0 Å². The van der Waals surface area contributed by atoms with Crippen LogP contribution in [0, 0.1) is 0 Å². The van der Waals surface area contributed by atoms with Crippen molar-refractivity contribution in [2.24, 2.45) is 4.99 Å². The van der Waals surface area contributed by atoms with E-state index in [4.69, 9.17) is 14.5 Å². The van der Waals surface area contributed by atoms with Crippen LogP contribution in [0.4, 0.5) is 0 Å². The van der Waals surface area contributed by atoms with Crippen LogP contribution < -0.4 is 10.6 Å². The minimum Gasteiger partial charge on any atom is -0.382 e. The van der Waals surface area contributed by atoms with Crippen LogP contribution in [0.2, 0.25) is 0 Å². The topological polar surface area (TPSA) is 58.1 Å². The third kappa shape index (κ3) is 9.54. The lowest BCUT2D eigenvalue weighted by atomic mass is 10.1. The zero-order chi connectivity index (χ0) is 19.2. The molecule has 160 valence electrons. The fourth-order valence-electron chi connectivity index (χ4n) is 3.30. The van der Waals surface area contributed by atoms with E-state index in [2.05, 4.69) is 52.8 Å². The van der Waals surface area contributed by atoms with E-state index in [-0.39, 0.29) is 24.0 Å². The van der Waals surface area contributed by atoms with E-state index >= 15 is 0 Å². The first-order valence-corrected chi connectivity index (χ1v) is 10.2. The maximum absolute atomic E-state index is 5.51. The molecule has 1 heterocycles. The fourth-order valence-corrected chi connectivity index (χ4v) is 3.30. The molecule has 7 heteroatoms. The summed E-state index contributed by atoms with van der Waals surface area (Å²) in [4.78, 5) is 7.44. The monoisotopic (exact) mass is 504 g/mol. The summed E-state index contributed by atoms with van der Waals surface area (Å²) in [6.07, 6.45) is 3.52. The summed E-state index contributed by atoms with van der Waals surface area (Å²) >= 11 is 0. The van der Waals surface area contributed by atoms with Crippen LogP contribution >= 0.6 is 24.0 Å². The van der Waals surface area contributed by atoms with Crippen LogP contribution in [0.15, 0.2) is 35.3 Å². The molecule has 1 aliphatic heterocycles. The van der Waals surface area contributed by atoms with E-state index in [0.717, 1.165) is 51.7 Å². The quantitative estimate of drug-likeness (QED) is 0.198. The molecule has 0 bridgehead atoms. The van der Waals surface area contributed by atoms with Gasteiger partial charge in [-0.1, -0.05) is 30.3 Å². The number of halogens is 1. The summed E-state index contributed by atoms with van der Waals surface area (Å²) < 4.78 is 10.5. The first-order chi connectivity index (χ1) is 13.3. The first kappa shape index (κ1) is 25.1. The van der Waals surface area contributed by atoms with E-state index in [9.17, 15) is 0 Å². The number of nitrogens with one attached hydrogen (secondary N) is 2. The molecule has 0 radical (unpaired) electrons. The number of nitrogens with zero attached hydrogens (tertiary/aromatic N) is 2. The van der Waals surface area contributed by atoms with Crippen molar-refractivity contribution < 1.29 is 9.47 Å². The highest BCUT2D eigenvalue weighted by Gasteiger charge is 2.23. The molecule has 28 heavy (non-hydrogen) atoms. The van der Waals surface area contributed by atoms with Crippen LogP contribution in [0.1, 0.15) is 37.8 Å². The lowest BCUT2D eigenvalue weighted by molar-refractivity contribution is 0.0698. The Balaban J connectivity index is 0.00000392. The number of guanidine groups is 1.